The van der Waals surface area contributed by atoms with Crippen LogP contribution in [0.5, 0.6) is 0 Å². The quantitative estimate of drug-likeness (QED) is 0.782. The van der Waals surface area contributed by atoms with Crippen molar-refractivity contribution in [2.75, 3.05) is 26.4 Å². The molecule has 0 spiro atoms. The first-order valence-electron chi connectivity index (χ1n) is 5.94. The van der Waals surface area contributed by atoms with Gasteiger partial charge in [-0.15, -0.1) is 0 Å². The van der Waals surface area contributed by atoms with E-state index in [9.17, 15) is 8.42 Å². The highest BCUT2D eigenvalue weighted by Crippen LogP contribution is 2.23. The van der Waals surface area contributed by atoms with Crippen LogP contribution in [-0.4, -0.2) is 40.0 Å². The number of hydrogen-bond donors (Lipinski definition) is 2. The van der Waals surface area contributed by atoms with Crippen LogP contribution in [0.4, 0.5) is 5.69 Å². The predicted molar refractivity (Wildman–Crippen MR) is 78.8 cm³/mol. The normalized spacial score (nSPS) is 13.7. The van der Waals surface area contributed by atoms with Crippen LogP contribution in [0.3, 0.4) is 0 Å². The van der Waals surface area contributed by atoms with E-state index in [1.807, 2.05) is 25.9 Å². The molecule has 1 atom stereocenters. The SMILES string of the molecule is CC(CCN(C)C)NS(=O)(=O)c1cc(N)ccc1Cl. The van der Waals surface area contributed by atoms with Crippen LogP contribution in [-0.2, 0) is 10.0 Å². The fourth-order valence-electron chi connectivity index (χ4n) is 1.57. The topological polar surface area (TPSA) is 75.4 Å². The van der Waals surface area contributed by atoms with Crippen molar-refractivity contribution in [1.29, 1.82) is 0 Å². The summed E-state index contributed by atoms with van der Waals surface area (Å²) in [5.41, 5.74) is 5.96. The van der Waals surface area contributed by atoms with Crippen LogP contribution in [0.25, 0.3) is 0 Å². The lowest BCUT2D eigenvalue weighted by Gasteiger charge is -2.17. The predicted octanol–water partition coefficient (Wildman–Crippen LogP) is 1.54. The summed E-state index contributed by atoms with van der Waals surface area (Å²) in [6, 6.07) is 4.24. The van der Waals surface area contributed by atoms with E-state index in [1.54, 1.807) is 6.07 Å². The molecule has 0 saturated heterocycles. The summed E-state index contributed by atoms with van der Waals surface area (Å²) < 4.78 is 27.0. The molecule has 0 aliphatic carbocycles. The number of sulfonamides is 1. The Kier molecular flexibility index (Phi) is 5.61. The zero-order valence-electron chi connectivity index (χ0n) is 11.4. The molecule has 0 heterocycles. The fourth-order valence-corrected chi connectivity index (χ4v) is 3.38. The van der Waals surface area contributed by atoms with Crippen LogP contribution >= 0.6 is 11.6 Å². The lowest BCUT2D eigenvalue weighted by molar-refractivity contribution is 0.379. The van der Waals surface area contributed by atoms with Gasteiger partial charge >= 0.3 is 0 Å². The van der Waals surface area contributed by atoms with E-state index >= 15 is 0 Å². The van der Waals surface area contributed by atoms with E-state index in [0.29, 0.717) is 12.1 Å². The van der Waals surface area contributed by atoms with Crippen LogP contribution < -0.4 is 10.5 Å². The first-order valence-corrected chi connectivity index (χ1v) is 7.80. The smallest absolute Gasteiger partial charge is 0.242 e. The molecule has 0 aliphatic rings. The second-order valence-corrected chi connectivity index (χ2v) is 6.89. The molecule has 5 nitrogen and oxygen atoms in total. The summed E-state index contributed by atoms with van der Waals surface area (Å²) in [5.74, 6) is 0. The number of nitrogens with zero attached hydrogens (tertiary/aromatic N) is 1. The van der Waals surface area contributed by atoms with Gasteiger partial charge in [0, 0.05) is 11.7 Å². The summed E-state index contributed by atoms with van der Waals surface area (Å²) in [4.78, 5) is 2.02. The number of rotatable bonds is 6. The van der Waals surface area contributed by atoms with E-state index in [1.165, 1.54) is 12.1 Å². The van der Waals surface area contributed by atoms with Crippen molar-refractivity contribution < 1.29 is 8.42 Å². The van der Waals surface area contributed by atoms with Gasteiger partial charge in [0.05, 0.1) is 5.02 Å². The summed E-state index contributed by atoms with van der Waals surface area (Å²) >= 11 is 5.91. The molecule has 0 radical (unpaired) electrons. The molecule has 1 unspecified atom stereocenters. The number of halogens is 1. The monoisotopic (exact) mass is 305 g/mol. The van der Waals surface area contributed by atoms with Crippen molar-refractivity contribution in [3.63, 3.8) is 0 Å². The summed E-state index contributed by atoms with van der Waals surface area (Å²) in [5, 5.41) is 0.168. The highest BCUT2D eigenvalue weighted by atomic mass is 35.5. The number of benzene rings is 1. The molecule has 1 aromatic carbocycles. The molecule has 1 aromatic rings. The van der Waals surface area contributed by atoms with Gasteiger partial charge in [-0.3, -0.25) is 0 Å². The zero-order chi connectivity index (χ0) is 14.6. The van der Waals surface area contributed by atoms with Gasteiger partial charge in [-0.25, -0.2) is 13.1 Å². The minimum atomic E-state index is -3.64. The second kappa shape index (κ2) is 6.56. The third-order valence-electron chi connectivity index (χ3n) is 2.61. The number of nitrogen functional groups attached to an aromatic ring is 1. The van der Waals surface area contributed by atoms with E-state index in [-0.39, 0.29) is 16.0 Å². The highest BCUT2D eigenvalue weighted by Gasteiger charge is 2.20. The van der Waals surface area contributed by atoms with Crippen molar-refractivity contribution in [1.82, 2.24) is 9.62 Å². The van der Waals surface area contributed by atoms with Crippen LogP contribution in [0.1, 0.15) is 13.3 Å². The van der Waals surface area contributed by atoms with E-state index in [4.69, 9.17) is 17.3 Å². The van der Waals surface area contributed by atoms with Gasteiger partial charge in [-0.2, -0.15) is 0 Å². The number of hydrogen-bond acceptors (Lipinski definition) is 4. The maximum atomic E-state index is 12.2. The Labute approximate surface area is 119 Å². The van der Waals surface area contributed by atoms with E-state index < -0.39 is 10.0 Å². The number of anilines is 1. The second-order valence-electron chi connectivity index (χ2n) is 4.80. The number of nitrogens with two attached hydrogens (primary N) is 1. The molecule has 0 amide bonds. The summed E-state index contributed by atoms with van der Waals surface area (Å²) in [6.07, 6.45) is 0.714. The van der Waals surface area contributed by atoms with Crippen molar-refractivity contribution >= 4 is 27.3 Å². The van der Waals surface area contributed by atoms with E-state index in [0.717, 1.165) is 6.54 Å². The summed E-state index contributed by atoms with van der Waals surface area (Å²) in [7, 11) is 0.240. The number of nitrogens with one attached hydrogen (secondary N) is 1. The third-order valence-corrected chi connectivity index (χ3v) is 4.68. The van der Waals surface area contributed by atoms with Crippen molar-refractivity contribution in [2.24, 2.45) is 0 Å². The Hall–Kier alpha value is -0.820. The van der Waals surface area contributed by atoms with Gasteiger partial charge in [0.1, 0.15) is 4.90 Å². The average molecular weight is 306 g/mol. The first-order chi connectivity index (χ1) is 8.72. The fraction of sp³-hybridized carbons (Fsp3) is 0.500. The maximum absolute atomic E-state index is 12.2. The van der Waals surface area contributed by atoms with Gasteiger partial charge < -0.3 is 10.6 Å². The minimum absolute atomic E-state index is 0.0193. The molecular formula is C12H20ClN3O2S. The molecule has 0 saturated carbocycles. The Bertz CT molecular complexity index is 532. The Morgan fingerprint density at radius 3 is 2.63 bits per heavy atom. The minimum Gasteiger partial charge on any atom is -0.399 e. The zero-order valence-corrected chi connectivity index (χ0v) is 12.9. The molecule has 1 rings (SSSR count). The highest BCUT2D eigenvalue weighted by molar-refractivity contribution is 7.89. The third kappa shape index (κ3) is 4.99. The summed E-state index contributed by atoms with van der Waals surface area (Å²) in [6.45, 7) is 2.62. The van der Waals surface area contributed by atoms with Crippen LogP contribution in [0.2, 0.25) is 5.02 Å². The largest absolute Gasteiger partial charge is 0.399 e. The molecule has 108 valence electrons. The van der Waals surface area contributed by atoms with Gasteiger partial charge in [0.15, 0.2) is 0 Å². The Balaban J connectivity index is 2.83. The van der Waals surface area contributed by atoms with Crippen LogP contribution in [0, 0.1) is 0 Å². The molecular weight excluding hydrogens is 286 g/mol. The van der Waals surface area contributed by atoms with Crippen molar-refractivity contribution in [2.45, 2.75) is 24.3 Å². The maximum Gasteiger partial charge on any atom is 0.242 e. The van der Waals surface area contributed by atoms with Gasteiger partial charge in [-0.1, -0.05) is 11.6 Å². The molecule has 0 aliphatic heterocycles. The molecule has 19 heavy (non-hydrogen) atoms. The molecule has 0 fully saturated rings. The molecule has 0 bridgehead atoms. The van der Waals surface area contributed by atoms with Crippen LogP contribution in [0.15, 0.2) is 23.1 Å². The lowest BCUT2D eigenvalue weighted by Crippen LogP contribution is -2.35. The lowest BCUT2D eigenvalue weighted by atomic mass is 10.2. The molecule has 0 aromatic heterocycles. The average Bonchev–Trinajstić information content (AvgIpc) is 2.29. The van der Waals surface area contributed by atoms with E-state index in [2.05, 4.69) is 4.72 Å². The Morgan fingerprint density at radius 1 is 1.42 bits per heavy atom. The van der Waals surface area contributed by atoms with Gasteiger partial charge in [0.25, 0.3) is 0 Å². The molecule has 7 heteroatoms. The first kappa shape index (κ1) is 16.2. The standard InChI is InChI=1S/C12H20ClN3O2S/c1-9(6-7-16(2)3)15-19(17,18)12-8-10(14)4-5-11(12)13/h4-5,8-9,15H,6-7,14H2,1-3H3. The molecule has 3 N–H and O–H groups in total. The van der Waals surface area contributed by atoms with Gasteiger partial charge in [0.2, 0.25) is 10.0 Å². The van der Waals surface area contributed by atoms with Gasteiger partial charge in [-0.05, 0) is 52.2 Å². The van der Waals surface area contributed by atoms with Crippen molar-refractivity contribution in [3.8, 4) is 0 Å². The van der Waals surface area contributed by atoms with Crippen molar-refractivity contribution in [3.05, 3.63) is 23.2 Å². The Morgan fingerprint density at radius 2 is 2.05 bits per heavy atom.